The largest absolute Gasteiger partial charge is 0.329 e. The van der Waals surface area contributed by atoms with Gasteiger partial charge in [-0.25, -0.2) is 0 Å². The number of rotatable bonds is 5. The minimum atomic E-state index is -0.574. The van der Waals surface area contributed by atoms with Crippen LogP contribution in [-0.4, -0.2) is 40.7 Å². The molecule has 1 fully saturated rings. The number of hydrogen-bond acceptors (Lipinski definition) is 5. The van der Waals surface area contributed by atoms with E-state index >= 15 is 0 Å². The molecule has 0 aliphatic carbocycles. The fraction of sp³-hybridized carbons (Fsp3) is 0.500. The van der Waals surface area contributed by atoms with Crippen LogP contribution < -0.4 is 16.4 Å². The normalized spacial score (nSPS) is 20.7. The van der Waals surface area contributed by atoms with Crippen LogP contribution in [-0.2, 0) is 22.7 Å². The van der Waals surface area contributed by atoms with Crippen molar-refractivity contribution in [2.75, 3.05) is 6.54 Å². The number of carbonyl (C=O) groups excluding carboxylic acids is 3. The molecule has 7 nitrogen and oxygen atoms in total. The molecule has 25 heavy (non-hydrogen) atoms. The van der Waals surface area contributed by atoms with E-state index in [1.54, 1.807) is 4.90 Å². The highest BCUT2D eigenvalue weighted by Crippen LogP contribution is 2.28. The number of fused-ring (bicyclic) bond motifs is 1. The molecule has 0 bridgehead atoms. The summed E-state index contributed by atoms with van der Waals surface area (Å²) in [6, 6.07) is 5.16. The summed E-state index contributed by atoms with van der Waals surface area (Å²) in [5.41, 5.74) is 8.18. The van der Waals surface area contributed by atoms with Gasteiger partial charge in [-0.05, 0) is 37.5 Å². The Balaban J connectivity index is 1.73. The van der Waals surface area contributed by atoms with Gasteiger partial charge in [-0.15, -0.1) is 0 Å². The van der Waals surface area contributed by atoms with Crippen LogP contribution in [0.3, 0.4) is 0 Å². The smallest absolute Gasteiger partial charge is 0.255 e. The number of amides is 3. The molecule has 1 aromatic carbocycles. The van der Waals surface area contributed by atoms with Gasteiger partial charge in [-0.1, -0.05) is 12.1 Å². The zero-order chi connectivity index (χ0) is 18.2. The third kappa shape index (κ3) is 3.57. The highest BCUT2D eigenvalue weighted by molar-refractivity contribution is 6.05. The Kier molecular flexibility index (Phi) is 4.62. The van der Waals surface area contributed by atoms with Crippen LogP contribution >= 0.6 is 0 Å². The maximum Gasteiger partial charge on any atom is 0.255 e. The molecular formula is C18H24N4O3. The number of benzene rings is 1. The van der Waals surface area contributed by atoms with E-state index < -0.39 is 6.04 Å². The summed E-state index contributed by atoms with van der Waals surface area (Å²) in [5, 5.41) is 5.70. The highest BCUT2D eigenvalue weighted by atomic mass is 16.2. The van der Waals surface area contributed by atoms with Crippen LogP contribution in [0.5, 0.6) is 0 Å². The first-order valence-electron chi connectivity index (χ1n) is 8.52. The van der Waals surface area contributed by atoms with Gasteiger partial charge in [-0.2, -0.15) is 0 Å². The second kappa shape index (κ2) is 6.57. The Bertz CT molecular complexity index is 729. The minimum absolute atomic E-state index is 0.147. The summed E-state index contributed by atoms with van der Waals surface area (Å²) < 4.78 is 0. The van der Waals surface area contributed by atoms with E-state index in [0.717, 1.165) is 11.1 Å². The molecule has 7 heteroatoms. The van der Waals surface area contributed by atoms with Gasteiger partial charge in [0.15, 0.2) is 0 Å². The lowest BCUT2D eigenvalue weighted by Gasteiger charge is -2.29. The number of imide groups is 1. The lowest BCUT2D eigenvalue weighted by molar-refractivity contribution is -0.136. The predicted octanol–water partition coefficient (Wildman–Crippen LogP) is 0.275. The summed E-state index contributed by atoms with van der Waals surface area (Å²) in [7, 11) is 0. The molecule has 2 heterocycles. The Hall–Kier alpha value is -2.25. The molecule has 134 valence electrons. The quantitative estimate of drug-likeness (QED) is 0.665. The van der Waals surface area contributed by atoms with Crippen molar-refractivity contribution in [2.45, 2.75) is 51.4 Å². The minimum Gasteiger partial charge on any atom is -0.329 e. The van der Waals surface area contributed by atoms with Crippen LogP contribution in [0.4, 0.5) is 0 Å². The van der Waals surface area contributed by atoms with E-state index in [9.17, 15) is 14.4 Å². The predicted molar refractivity (Wildman–Crippen MR) is 92.5 cm³/mol. The summed E-state index contributed by atoms with van der Waals surface area (Å²) in [5.74, 6) is -0.809. The van der Waals surface area contributed by atoms with Gasteiger partial charge < -0.3 is 16.0 Å². The van der Waals surface area contributed by atoms with Crippen molar-refractivity contribution in [3.8, 4) is 0 Å². The second-order valence-corrected chi connectivity index (χ2v) is 7.33. The zero-order valence-electron chi connectivity index (χ0n) is 14.6. The highest BCUT2D eigenvalue weighted by Gasteiger charge is 2.39. The van der Waals surface area contributed by atoms with Gasteiger partial charge in [0, 0.05) is 37.2 Å². The monoisotopic (exact) mass is 344 g/mol. The maximum absolute atomic E-state index is 12.6. The van der Waals surface area contributed by atoms with Gasteiger partial charge in [0.2, 0.25) is 11.8 Å². The number of nitrogens with two attached hydrogens (primary N) is 1. The van der Waals surface area contributed by atoms with Crippen LogP contribution in [0, 0.1) is 0 Å². The summed E-state index contributed by atoms with van der Waals surface area (Å²) in [6.07, 6.45) is 0.642. The second-order valence-electron chi connectivity index (χ2n) is 7.33. The van der Waals surface area contributed by atoms with E-state index in [-0.39, 0.29) is 29.7 Å². The van der Waals surface area contributed by atoms with E-state index in [1.165, 1.54) is 0 Å². The van der Waals surface area contributed by atoms with Crippen LogP contribution in [0.25, 0.3) is 0 Å². The molecule has 0 saturated carbocycles. The Morgan fingerprint density at radius 1 is 1.32 bits per heavy atom. The van der Waals surface area contributed by atoms with Crippen molar-refractivity contribution in [1.29, 1.82) is 0 Å². The van der Waals surface area contributed by atoms with Gasteiger partial charge in [0.1, 0.15) is 6.04 Å². The molecule has 4 N–H and O–H groups in total. The Labute approximate surface area is 146 Å². The number of carbonyl (C=O) groups is 3. The lowest BCUT2D eigenvalue weighted by atomic mass is 10.0. The third-order valence-corrected chi connectivity index (χ3v) is 4.87. The third-order valence-electron chi connectivity index (χ3n) is 4.87. The molecule has 1 atom stereocenters. The molecule has 3 rings (SSSR count). The molecular weight excluding hydrogens is 320 g/mol. The van der Waals surface area contributed by atoms with Crippen molar-refractivity contribution >= 4 is 17.7 Å². The first-order chi connectivity index (χ1) is 11.8. The molecule has 1 unspecified atom stereocenters. The molecule has 2 aliphatic heterocycles. The Morgan fingerprint density at radius 3 is 2.76 bits per heavy atom. The fourth-order valence-corrected chi connectivity index (χ4v) is 3.15. The first kappa shape index (κ1) is 17.6. The topological polar surface area (TPSA) is 105 Å². The summed E-state index contributed by atoms with van der Waals surface area (Å²) in [4.78, 5) is 37.5. The molecule has 2 aliphatic rings. The van der Waals surface area contributed by atoms with Crippen molar-refractivity contribution in [3.05, 3.63) is 34.9 Å². The lowest BCUT2D eigenvalue weighted by Crippen LogP contribution is -2.52. The van der Waals surface area contributed by atoms with E-state index in [0.29, 0.717) is 31.6 Å². The van der Waals surface area contributed by atoms with Crippen molar-refractivity contribution in [3.63, 3.8) is 0 Å². The molecule has 3 amide bonds. The zero-order valence-corrected chi connectivity index (χ0v) is 14.6. The number of nitrogens with one attached hydrogen (secondary N) is 2. The van der Waals surface area contributed by atoms with Gasteiger partial charge in [0.25, 0.3) is 5.91 Å². The molecule has 0 spiro atoms. The van der Waals surface area contributed by atoms with E-state index in [2.05, 4.69) is 10.6 Å². The Morgan fingerprint density at radius 2 is 2.08 bits per heavy atom. The van der Waals surface area contributed by atoms with Crippen LogP contribution in [0.15, 0.2) is 18.2 Å². The van der Waals surface area contributed by atoms with Crippen LogP contribution in [0.2, 0.25) is 0 Å². The van der Waals surface area contributed by atoms with Crippen LogP contribution in [0.1, 0.15) is 48.2 Å². The van der Waals surface area contributed by atoms with E-state index in [4.69, 9.17) is 5.73 Å². The average Bonchev–Trinajstić information content (AvgIpc) is 2.89. The fourth-order valence-electron chi connectivity index (χ4n) is 3.15. The van der Waals surface area contributed by atoms with Crippen molar-refractivity contribution in [1.82, 2.24) is 15.5 Å². The van der Waals surface area contributed by atoms with Crippen molar-refractivity contribution in [2.24, 2.45) is 5.73 Å². The number of nitrogens with zero attached hydrogens (tertiary/aromatic N) is 1. The number of piperidine rings is 1. The average molecular weight is 344 g/mol. The first-order valence-corrected chi connectivity index (χ1v) is 8.52. The summed E-state index contributed by atoms with van der Waals surface area (Å²) in [6.45, 7) is 5.65. The molecule has 1 saturated heterocycles. The number of hydrogen-bond donors (Lipinski definition) is 3. The molecule has 0 aromatic heterocycles. The summed E-state index contributed by atoms with van der Waals surface area (Å²) >= 11 is 0. The molecule has 0 radical (unpaired) electrons. The van der Waals surface area contributed by atoms with Gasteiger partial charge >= 0.3 is 0 Å². The van der Waals surface area contributed by atoms with E-state index in [1.807, 2.05) is 32.0 Å². The standard InChI is InChI=1S/C18H24N4O3/c1-18(2,10-19)20-8-11-3-4-13-12(7-11)9-22(17(13)25)14-5-6-15(23)21-16(14)24/h3-4,7,14,20H,5-6,8-10,19H2,1-2H3,(H,21,23,24). The van der Waals surface area contributed by atoms with Gasteiger partial charge in [-0.3, -0.25) is 19.7 Å². The van der Waals surface area contributed by atoms with Gasteiger partial charge in [0.05, 0.1) is 0 Å². The van der Waals surface area contributed by atoms with Crippen molar-refractivity contribution < 1.29 is 14.4 Å². The SMILES string of the molecule is CC(C)(CN)NCc1ccc2c(c1)CN(C1CCC(=O)NC1=O)C2=O. The maximum atomic E-state index is 12.6. The molecule has 1 aromatic rings.